The number of amides is 3. The van der Waals surface area contributed by atoms with E-state index in [4.69, 9.17) is 4.74 Å². The number of morpholine rings is 1. The summed E-state index contributed by atoms with van der Waals surface area (Å²) in [4.78, 5) is 38.9. The van der Waals surface area contributed by atoms with Crippen LogP contribution in [-0.2, 0) is 19.6 Å². The van der Waals surface area contributed by atoms with E-state index in [1.165, 1.54) is 29.4 Å². The highest BCUT2D eigenvalue weighted by Crippen LogP contribution is 2.25. The van der Waals surface area contributed by atoms with Crippen molar-refractivity contribution >= 4 is 33.4 Å². The number of nitrogens with zero attached hydrogens (tertiary/aromatic N) is 2. The van der Waals surface area contributed by atoms with Crippen LogP contribution >= 0.6 is 0 Å². The monoisotopic (exact) mass is 443 g/mol. The third-order valence-corrected chi connectivity index (χ3v) is 7.20. The largest absolute Gasteiger partial charge is 0.379 e. The predicted octanol–water partition coefficient (Wildman–Crippen LogP) is 1.33. The number of anilines is 1. The van der Waals surface area contributed by atoms with Crippen molar-refractivity contribution < 1.29 is 27.5 Å². The zero-order chi connectivity index (χ0) is 22.2. The third-order valence-electron chi connectivity index (χ3n) is 5.30. The van der Waals surface area contributed by atoms with E-state index in [1.54, 1.807) is 30.3 Å². The lowest BCUT2D eigenvalue weighted by Crippen LogP contribution is -2.45. The van der Waals surface area contributed by atoms with Crippen molar-refractivity contribution in [3.8, 4) is 0 Å². The van der Waals surface area contributed by atoms with E-state index >= 15 is 0 Å². The molecule has 1 atom stereocenters. The molecule has 10 heteroatoms. The minimum absolute atomic E-state index is 0.0422. The lowest BCUT2D eigenvalue weighted by Gasteiger charge is -2.26. The van der Waals surface area contributed by atoms with Gasteiger partial charge in [-0.1, -0.05) is 18.2 Å². The van der Waals surface area contributed by atoms with E-state index in [-0.39, 0.29) is 34.8 Å². The Labute approximate surface area is 179 Å². The zero-order valence-corrected chi connectivity index (χ0v) is 17.6. The molecule has 0 saturated carbocycles. The summed E-state index contributed by atoms with van der Waals surface area (Å²) in [6.45, 7) is 2.62. The van der Waals surface area contributed by atoms with Crippen LogP contribution in [0.3, 0.4) is 0 Å². The van der Waals surface area contributed by atoms with Gasteiger partial charge in [-0.05, 0) is 37.3 Å². The van der Waals surface area contributed by atoms with Gasteiger partial charge >= 0.3 is 0 Å². The van der Waals surface area contributed by atoms with Crippen molar-refractivity contribution in [1.29, 1.82) is 0 Å². The molecule has 1 saturated heterocycles. The van der Waals surface area contributed by atoms with Gasteiger partial charge in [-0.3, -0.25) is 19.3 Å². The number of benzene rings is 2. The Hall–Kier alpha value is -3.08. The first-order valence-electron chi connectivity index (χ1n) is 9.76. The average Bonchev–Trinajstić information content (AvgIpc) is 3.04. The number of carbonyl (C=O) groups excluding carboxylic acids is 3. The van der Waals surface area contributed by atoms with Crippen molar-refractivity contribution in [3.63, 3.8) is 0 Å². The van der Waals surface area contributed by atoms with Gasteiger partial charge < -0.3 is 10.1 Å². The molecular weight excluding hydrogens is 422 g/mol. The van der Waals surface area contributed by atoms with Crippen LogP contribution in [0, 0.1) is 0 Å². The number of ether oxygens (including phenoxy) is 1. The minimum atomic E-state index is -3.73. The van der Waals surface area contributed by atoms with Crippen LogP contribution in [-0.4, -0.2) is 67.7 Å². The Kier molecular flexibility index (Phi) is 5.61. The SMILES string of the molecule is CC(C(=O)Nc1cccc(S(=O)(=O)N2CCOCC2)c1)N1C(=O)c2ccccc2C1=O. The molecule has 2 aliphatic heterocycles. The molecule has 2 heterocycles. The maximum absolute atomic E-state index is 12.8. The molecule has 0 spiro atoms. The normalized spacial score (nSPS) is 18.0. The summed E-state index contributed by atoms with van der Waals surface area (Å²) >= 11 is 0. The van der Waals surface area contributed by atoms with E-state index in [1.807, 2.05) is 0 Å². The molecule has 1 N–H and O–H groups in total. The van der Waals surface area contributed by atoms with Crippen molar-refractivity contribution in [2.75, 3.05) is 31.6 Å². The van der Waals surface area contributed by atoms with Crippen LogP contribution in [0.1, 0.15) is 27.6 Å². The molecular formula is C21H21N3O6S. The lowest BCUT2D eigenvalue weighted by molar-refractivity contribution is -0.119. The maximum Gasteiger partial charge on any atom is 0.262 e. The van der Waals surface area contributed by atoms with Crippen LogP contribution in [0.4, 0.5) is 5.69 Å². The van der Waals surface area contributed by atoms with E-state index < -0.39 is 33.8 Å². The Morgan fingerprint density at radius 1 is 1.00 bits per heavy atom. The number of fused-ring (bicyclic) bond motifs is 1. The van der Waals surface area contributed by atoms with Crippen molar-refractivity contribution in [1.82, 2.24) is 9.21 Å². The molecule has 0 bridgehead atoms. The second-order valence-corrected chi connectivity index (χ2v) is 9.17. The Bertz CT molecular complexity index is 1120. The smallest absolute Gasteiger partial charge is 0.262 e. The molecule has 31 heavy (non-hydrogen) atoms. The summed E-state index contributed by atoms with van der Waals surface area (Å²) in [5, 5.41) is 2.61. The Morgan fingerprint density at radius 3 is 2.23 bits per heavy atom. The van der Waals surface area contributed by atoms with Gasteiger partial charge in [-0.25, -0.2) is 8.42 Å². The summed E-state index contributed by atoms with van der Waals surface area (Å²) in [7, 11) is -3.73. The first-order valence-corrected chi connectivity index (χ1v) is 11.2. The third kappa shape index (κ3) is 3.85. The highest BCUT2D eigenvalue weighted by atomic mass is 32.2. The quantitative estimate of drug-likeness (QED) is 0.698. The number of rotatable bonds is 5. The molecule has 1 unspecified atom stereocenters. The molecule has 2 aliphatic rings. The van der Waals surface area contributed by atoms with Crippen molar-refractivity contribution in [3.05, 3.63) is 59.7 Å². The molecule has 2 aromatic rings. The second-order valence-electron chi connectivity index (χ2n) is 7.24. The van der Waals surface area contributed by atoms with Gasteiger partial charge in [0.2, 0.25) is 15.9 Å². The number of sulfonamides is 1. The minimum Gasteiger partial charge on any atom is -0.379 e. The lowest BCUT2D eigenvalue weighted by atomic mass is 10.1. The number of nitrogens with one attached hydrogen (secondary N) is 1. The first kappa shape index (κ1) is 21.2. The van der Waals surface area contributed by atoms with Crippen molar-refractivity contribution in [2.24, 2.45) is 0 Å². The number of imide groups is 1. The second kappa shape index (κ2) is 8.22. The van der Waals surface area contributed by atoms with Crippen LogP contribution in [0.2, 0.25) is 0 Å². The van der Waals surface area contributed by atoms with Crippen LogP contribution < -0.4 is 5.32 Å². The van der Waals surface area contributed by atoms with Gasteiger partial charge in [-0.15, -0.1) is 0 Å². The Morgan fingerprint density at radius 2 is 1.61 bits per heavy atom. The highest BCUT2D eigenvalue weighted by molar-refractivity contribution is 7.89. The van der Waals surface area contributed by atoms with Gasteiger partial charge in [0.1, 0.15) is 6.04 Å². The number of hydrogen-bond acceptors (Lipinski definition) is 6. The van der Waals surface area contributed by atoms with Crippen LogP contribution in [0.15, 0.2) is 53.4 Å². The fourth-order valence-electron chi connectivity index (χ4n) is 3.59. The summed E-state index contributed by atoms with van der Waals surface area (Å²) < 4.78 is 32.2. The zero-order valence-electron chi connectivity index (χ0n) is 16.8. The molecule has 4 rings (SSSR count). The summed E-state index contributed by atoms with van der Waals surface area (Å²) in [6.07, 6.45) is 0. The fraction of sp³-hybridized carbons (Fsp3) is 0.286. The number of carbonyl (C=O) groups is 3. The number of hydrogen-bond donors (Lipinski definition) is 1. The molecule has 2 aromatic carbocycles. The highest BCUT2D eigenvalue weighted by Gasteiger charge is 2.40. The molecule has 162 valence electrons. The van der Waals surface area contributed by atoms with Crippen LogP contribution in [0.25, 0.3) is 0 Å². The molecule has 3 amide bonds. The van der Waals surface area contributed by atoms with Gasteiger partial charge in [0, 0.05) is 18.8 Å². The van der Waals surface area contributed by atoms with Gasteiger partial charge in [0.25, 0.3) is 11.8 Å². The maximum atomic E-state index is 12.8. The van der Waals surface area contributed by atoms with E-state index in [2.05, 4.69) is 5.32 Å². The topological polar surface area (TPSA) is 113 Å². The van der Waals surface area contributed by atoms with Gasteiger partial charge in [-0.2, -0.15) is 4.31 Å². The van der Waals surface area contributed by atoms with E-state index in [9.17, 15) is 22.8 Å². The van der Waals surface area contributed by atoms with E-state index in [0.717, 1.165) is 4.90 Å². The molecule has 0 aliphatic carbocycles. The summed E-state index contributed by atoms with van der Waals surface area (Å²) in [5.74, 6) is -1.67. The molecule has 0 aromatic heterocycles. The molecule has 1 fully saturated rings. The van der Waals surface area contributed by atoms with Gasteiger partial charge in [0.15, 0.2) is 0 Å². The molecule has 0 radical (unpaired) electrons. The van der Waals surface area contributed by atoms with Gasteiger partial charge in [0.05, 0.1) is 29.2 Å². The van der Waals surface area contributed by atoms with E-state index in [0.29, 0.717) is 13.2 Å². The fourth-order valence-corrected chi connectivity index (χ4v) is 5.05. The van der Waals surface area contributed by atoms with Crippen molar-refractivity contribution in [2.45, 2.75) is 17.9 Å². The standard InChI is InChI=1S/C21H21N3O6S/c1-14(24-20(26)17-7-2-3-8-18(17)21(24)27)19(25)22-15-5-4-6-16(13-15)31(28,29)23-9-11-30-12-10-23/h2-8,13-14H,9-12H2,1H3,(H,22,25). The van der Waals surface area contributed by atoms with Crippen LogP contribution in [0.5, 0.6) is 0 Å². The molecule has 9 nitrogen and oxygen atoms in total. The summed E-state index contributed by atoms with van der Waals surface area (Å²) in [6, 6.07) is 11.2. The average molecular weight is 443 g/mol. The predicted molar refractivity (Wildman–Crippen MR) is 111 cm³/mol. The summed E-state index contributed by atoms with van der Waals surface area (Å²) in [5.41, 5.74) is 0.763. The first-order chi connectivity index (χ1) is 14.8. The Balaban J connectivity index is 1.51.